The first-order chi connectivity index (χ1) is 8.25. The van der Waals surface area contributed by atoms with E-state index in [2.05, 4.69) is 35.9 Å². The summed E-state index contributed by atoms with van der Waals surface area (Å²) in [4.78, 5) is 15.9. The van der Waals surface area contributed by atoms with E-state index >= 15 is 0 Å². The Morgan fingerprint density at radius 3 is 2.82 bits per heavy atom. The summed E-state index contributed by atoms with van der Waals surface area (Å²) in [5, 5.41) is 0. The summed E-state index contributed by atoms with van der Waals surface area (Å²) >= 11 is 8.74. The van der Waals surface area contributed by atoms with E-state index in [0.29, 0.717) is 22.1 Å². The highest BCUT2D eigenvalue weighted by Crippen LogP contribution is 2.42. The highest BCUT2D eigenvalue weighted by Gasteiger charge is 2.27. The minimum Gasteiger partial charge on any atom is -0.340 e. The number of nitrogens with zero attached hydrogens (tertiary/aromatic N) is 3. The number of hydrogen-bond acceptors (Lipinski definition) is 4. The second-order valence-corrected chi connectivity index (χ2v) is 5.16. The van der Waals surface area contributed by atoms with Gasteiger partial charge in [-0.1, -0.05) is 12.2 Å². The van der Waals surface area contributed by atoms with Crippen LogP contribution in [0.4, 0.5) is 0 Å². The van der Waals surface area contributed by atoms with E-state index in [1.165, 1.54) is 12.8 Å². The van der Waals surface area contributed by atoms with Gasteiger partial charge in [0.2, 0.25) is 0 Å². The van der Waals surface area contributed by atoms with Crippen molar-refractivity contribution in [2.45, 2.75) is 18.8 Å². The van der Waals surface area contributed by atoms with Crippen molar-refractivity contribution in [3.8, 4) is 11.5 Å². The van der Waals surface area contributed by atoms with Crippen molar-refractivity contribution in [1.82, 2.24) is 19.9 Å². The van der Waals surface area contributed by atoms with Gasteiger partial charge >= 0.3 is 0 Å². The van der Waals surface area contributed by atoms with Crippen molar-refractivity contribution < 1.29 is 0 Å². The third-order valence-electron chi connectivity index (χ3n) is 2.68. The van der Waals surface area contributed by atoms with Crippen molar-refractivity contribution in [3.63, 3.8) is 0 Å². The van der Waals surface area contributed by atoms with Gasteiger partial charge in [-0.25, -0.2) is 9.97 Å². The number of rotatable bonds is 2. The molecule has 6 heteroatoms. The van der Waals surface area contributed by atoms with Crippen LogP contribution >= 0.6 is 28.1 Å². The molecule has 4 nitrogen and oxygen atoms in total. The molecule has 1 aliphatic carbocycles. The predicted octanol–water partition coefficient (Wildman–Crippen LogP) is 3.24. The average Bonchev–Trinajstić information content (AvgIpc) is 3.18. The average molecular weight is 309 g/mol. The van der Waals surface area contributed by atoms with Crippen LogP contribution in [0.25, 0.3) is 11.5 Å². The van der Waals surface area contributed by atoms with E-state index in [9.17, 15) is 0 Å². The largest absolute Gasteiger partial charge is 0.340 e. The van der Waals surface area contributed by atoms with Crippen LogP contribution in [-0.4, -0.2) is 19.9 Å². The molecule has 86 valence electrons. The fourth-order valence-corrected chi connectivity index (χ4v) is 2.38. The highest BCUT2D eigenvalue weighted by atomic mass is 79.9. The van der Waals surface area contributed by atoms with Gasteiger partial charge in [-0.3, -0.25) is 4.98 Å². The van der Waals surface area contributed by atoms with Gasteiger partial charge < -0.3 is 4.98 Å². The smallest absolute Gasteiger partial charge is 0.159 e. The second kappa shape index (κ2) is 4.27. The zero-order valence-corrected chi connectivity index (χ0v) is 11.3. The molecular weight excluding hydrogens is 300 g/mol. The molecule has 1 saturated carbocycles. The Morgan fingerprint density at radius 1 is 1.35 bits per heavy atom. The fourth-order valence-electron chi connectivity index (χ4n) is 1.67. The fraction of sp³-hybridized carbons (Fsp3) is 0.273. The summed E-state index contributed by atoms with van der Waals surface area (Å²) in [6, 6.07) is 0. The third-order valence-corrected chi connectivity index (χ3v) is 4.04. The molecule has 0 radical (unpaired) electrons. The Bertz CT molecular complexity index is 607. The van der Waals surface area contributed by atoms with Gasteiger partial charge in [0.1, 0.15) is 10.3 Å². The van der Waals surface area contributed by atoms with E-state index in [1.54, 1.807) is 18.6 Å². The van der Waals surface area contributed by atoms with Crippen molar-refractivity contribution >= 4 is 28.1 Å². The van der Waals surface area contributed by atoms with Crippen LogP contribution in [0.1, 0.15) is 24.5 Å². The number of nitrogens with one attached hydrogen (secondary N) is 1. The van der Waals surface area contributed by atoms with Crippen molar-refractivity contribution in [2.24, 2.45) is 0 Å². The molecule has 0 saturated heterocycles. The molecule has 3 rings (SSSR count). The van der Waals surface area contributed by atoms with Gasteiger partial charge in [-0.15, -0.1) is 0 Å². The van der Waals surface area contributed by atoms with Gasteiger partial charge in [0.15, 0.2) is 5.82 Å². The molecule has 0 bridgehead atoms. The van der Waals surface area contributed by atoms with Crippen LogP contribution in [0.2, 0.25) is 0 Å². The Morgan fingerprint density at radius 2 is 2.18 bits per heavy atom. The summed E-state index contributed by atoms with van der Waals surface area (Å²) in [5.41, 5.74) is 1.85. The van der Waals surface area contributed by atoms with Crippen LogP contribution < -0.4 is 0 Å². The molecule has 0 aromatic carbocycles. The summed E-state index contributed by atoms with van der Waals surface area (Å²) in [6.07, 6.45) is 7.37. The molecule has 0 atom stereocenters. The molecule has 0 aliphatic heterocycles. The Kier molecular flexibility index (Phi) is 2.76. The molecule has 2 aromatic rings. The summed E-state index contributed by atoms with van der Waals surface area (Å²) in [5.74, 6) is 1.26. The highest BCUT2D eigenvalue weighted by molar-refractivity contribution is 9.10. The lowest BCUT2D eigenvalue weighted by molar-refractivity contribution is 0.964. The maximum Gasteiger partial charge on any atom is 0.159 e. The van der Waals surface area contributed by atoms with Crippen molar-refractivity contribution in [3.05, 3.63) is 33.4 Å². The maximum absolute atomic E-state index is 5.25. The lowest BCUT2D eigenvalue weighted by Crippen LogP contribution is -1.98. The number of aromatic amines is 1. The zero-order chi connectivity index (χ0) is 11.8. The molecule has 1 fully saturated rings. The summed E-state index contributed by atoms with van der Waals surface area (Å²) < 4.78 is 1.48. The second-order valence-electron chi connectivity index (χ2n) is 3.98. The quantitative estimate of drug-likeness (QED) is 0.865. The topological polar surface area (TPSA) is 54.5 Å². The van der Waals surface area contributed by atoms with Crippen LogP contribution in [0.15, 0.2) is 23.1 Å². The predicted molar refractivity (Wildman–Crippen MR) is 70.1 cm³/mol. The van der Waals surface area contributed by atoms with E-state index in [-0.39, 0.29) is 0 Å². The Balaban J connectivity index is 2.15. The van der Waals surface area contributed by atoms with E-state index in [4.69, 9.17) is 12.2 Å². The number of halogens is 1. The minimum absolute atomic E-state index is 0.574. The first kappa shape index (κ1) is 11.0. The molecular formula is C11H9BrN4S. The lowest BCUT2D eigenvalue weighted by Gasteiger charge is -2.06. The molecule has 0 spiro atoms. The van der Waals surface area contributed by atoms with Crippen molar-refractivity contribution in [1.29, 1.82) is 0 Å². The van der Waals surface area contributed by atoms with E-state index in [0.717, 1.165) is 10.2 Å². The lowest BCUT2D eigenvalue weighted by atomic mass is 10.3. The molecule has 17 heavy (non-hydrogen) atoms. The number of hydrogen-bond donors (Lipinski definition) is 1. The standard InChI is InChI=1S/C11H9BrN4S/c12-8-9(6-1-2-6)15-10(16-11(8)17)7-5-13-3-4-14-7/h3-6H,1-2H2,(H,15,16,17). The van der Waals surface area contributed by atoms with E-state index < -0.39 is 0 Å². The summed E-state index contributed by atoms with van der Waals surface area (Å²) in [6.45, 7) is 0. The Labute approximate surface area is 112 Å². The zero-order valence-electron chi connectivity index (χ0n) is 8.85. The summed E-state index contributed by atoms with van der Waals surface area (Å²) in [7, 11) is 0. The minimum atomic E-state index is 0.574. The SMILES string of the molecule is S=c1nc(-c2cnccn2)[nH]c(C2CC2)c1Br. The third kappa shape index (κ3) is 2.14. The first-order valence-corrected chi connectivity index (χ1v) is 6.52. The molecule has 2 heterocycles. The Hall–Kier alpha value is -1.14. The number of H-pyrrole nitrogens is 1. The van der Waals surface area contributed by atoms with Crippen LogP contribution in [0.5, 0.6) is 0 Å². The van der Waals surface area contributed by atoms with Gasteiger partial charge in [0.05, 0.1) is 10.7 Å². The van der Waals surface area contributed by atoms with Crippen molar-refractivity contribution in [2.75, 3.05) is 0 Å². The monoisotopic (exact) mass is 308 g/mol. The van der Waals surface area contributed by atoms with Gasteiger partial charge in [-0.2, -0.15) is 0 Å². The first-order valence-electron chi connectivity index (χ1n) is 5.32. The molecule has 1 aliphatic rings. The molecule has 0 amide bonds. The van der Waals surface area contributed by atoms with E-state index in [1.807, 2.05) is 0 Å². The van der Waals surface area contributed by atoms with Crippen LogP contribution in [-0.2, 0) is 0 Å². The van der Waals surface area contributed by atoms with Crippen LogP contribution in [0.3, 0.4) is 0 Å². The van der Waals surface area contributed by atoms with Crippen LogP contribution in [0, 0.1) is 4.64 Å². The molecule has 2 aromatic heterocycles. The molecule has 0 unspecified atom stereocenters. The van der Waals surface area contributed by atoms with Gasteiger partial charge in [-0.05, 0) is 28.8 Å². The normalized spacial score (nSPS) is 14.9. The molecule has 1 N–H and O–H groups in total. The maximum atomic E-state index is 5.25. The van der Waals surface area contributed by atoms with Gasteiger partial charge in [0.25, 0.3) is 0 Å². The van der Waals surface area contributed by atoms with Gasteiger partial charge in [0, 0.05) is 24.0 Å². The number of aromatic nitrogens is 4.